The van der Waals surface area contributed by atoms with E-state index < -0.39 is 10.0 Å². The van der Waals surface area contributed by atoms with Crippen molar-refractivity contribution in [1.82, 2.24) is 19.2 Å². The van der Waals surface area contributed by atoms with Crippen LogP contribution in [-0.2, 0) is 16.4 Å². The minimum atomic E-state index is -3.51. The van der Waals surface area contributed by atoms with Gasteiger partial charge in [0.25, 0.3) is 0 Å². The molecule has 2 aromatic carbocycles. The van der Waals surface area contributed by atoms with E-state index in [-0.39, 0.29) is 0 Å². The summed E-state index contributed by atoms with van der Waals surface area (Å²) in [6, 6.07) is 15.0. The molecule has 2 unspecified atom stereocenters. The highest BCUT2D eigenvalue weighted by Crippen LogP contribution is 2.38. The fourth-order valence-corrected chi connectivity index (χ4v) is 8.02. The molecule has 39 heavy (non-hydrogen) atoms. The SMILES string of the molecule is COc1ccc(S(=O)(=O)N2CCN(CCc3nc(N4CCC5CCCCC5C4)c4ccccc4n3)CC2)cc1. The van der Waals surface area contributed by atoms with Gasteiger partial charge >= 0.3 is 0 Å². The van der Waals surface area contributed by atoms with E-state index in [0.29, 0.717) is 36.8 Å². The summed E-state index contributed by atoms with van der Waals surface area (Å²) in [4.78, 5) is 15.2. The molecule has 3 aliphatic rings. The van der Waals surface area contributed by atoms with Crippen LogP contribution in [0.4, 0.5) is 5.82 Å². The molecule has 208 valence electrons. The molecule has 6 rings (SSSR count). The second-order valence-corrected chi connectivity index (χ2v) is 13.1. The molecule has 0 radical (unpaired) electrons. The predicted molar refractivity (Wildman–Crippen MR) is 154 cm³/mol. The van der Waals surface area contributed by atoms with Gasteiger partial charge in [-0.05, 0) is 61.1 Å². The molecule has 0 amide bonds. The van der Waals surface area contributed by atoms with Crippen LogP contribution in [0.15, 0.2) is 53.4 Å². The molecule has 0 N–H and O–H groups in total. The van der Waals surface area contributed by atoms with Crippen molar-refractivity contribution in [2.24, 2.45) is 11.8 Å². The highest BCUT2D eigenvalue weighted by molar-refractivity contribution is 7.89. The zero-order valence-electron chi connectivity index (χ0n) is 22.8. The molecule has 3 fully saturated rings. The van der Waals surface area contributed by atoms with Crippen LogP contribution in [0.25, 0.3) is 10.9 Å². The van der Waals surface area contributed by atoms with Crippen LogP contribution in [0.3, 0.4) is 0 Å². The lowest BCUT2D eigenvalue weighted by molar-refractivity contribution is 0.189. The van der Waals surface area contributed by atoms with E-state index in [1.165, 1.54) is 32.1 Å². The van der Waals surface area contributed by atoms with Crippen LogP contribution < -0.4 is 9.64 Å². The number of anilines is 1. The van der Waals surface area contributed by atoms with Crippen LogP contribution in [0.1, 0.15) is 37.9 Å². The average Bonchev–Trinajstić information content (AvgIpc) is 2.99. The number of sulfonamides is 1. The topological polar surface area (TPSA) is 78.9 Å². The van der Waals surface area contributed by atoms with Gasteiger partial charge in [-0.2, -0.15) is 4.31 Å². The molecule has 8 nitrogen and oxygen atoms in total. The fraction of sp³-hybridized carbons (Fsp3) is 0.533. The quantitative estimate of drug-likeness (QED) is 0.437. The van der Waals surface area contributed by atoms with Crippen LogP contribution in [0.2, 0.25) is 0 Å². The summed E-state index contributed by atoms with van der Waals surface area (Å²) in [6.07, 6.45) is 7.51. The Balaban J connectivity index is 1.11. The van der Waals surface area contributed by atoms with Crippen LogP contribution in [-0.4, -0.2) is 80.5 Å². The monoisotopic (exact) mass is 549 g/mol. The molecule has 2 atom stereocenters. The molecule has 1 aromatic heterocycles. The highest BCUT2D eigenvalue weighted by Gasteiger charge is 2.33. The minimum absolute atomic E-state index is 0.311. The number of fused-ring (bicyclic) bond motifs is 2. The number of aromatic nitrogens is 2. The molecular weight excluding hydrogens is 510 g/mol. The number of hydrogen-bond acceptors (Lipinski definition) is 7. The maximum atomic E-state index is 13.1. The summed E-state index contributed by atoms with van der Waals surface area (Å²) in [7, 11) is -1.93. The second-order valence-electron chi connectivity index (χ2n) is 11.2. The molecule has 1 saturated carbocycles. The maximum Gasteiger partial charge on any atom is 0.243 e. The van der Waals surface area contributed by atoms with Crippen molar-refractivity contribution in [3.63, 3.8) is 0 Å². The van der Waals surface area contributed by atoms with Gasteiger partial charge in [0.2, 0.25) is 10.0 Å². The number of hydrogen-bond donors (Lipinski definition) is 0. The number of methoxy groups -OCH3 is 1. The Morgan fingerprint density at radius 1 is 0.872 bits per heavy atom. The van der Waals surface area contributed by atoms with E-state index >= 15 is 0 Å². The average molecular weight is 550 g/mol. The third kappa shape index (κ3) is 5.62. The van der Waals surface area contributed by atoms with Gasteiger partial charge in [-0.3, -0.25) is 0 Å². The minimum Gasteiger partial charge on any atom is -0.497 e. The summed E-state index contributed by atoms with van der Waals surface area (Å²) < 4.78 is 33.0. The van der Waals surface area contributed by atoms with E-state index in [9.17, 15) is 8.42 Å². The third-order valence-corrected chi connectivity index (χ3v) is 10.8. The molecule has 2 aliphatic heterocycles. The zero-order chi connectivity index (χ0) is 26.8. The molecule has 3 heterocycles. The van der Waals surface area contributed by atoms with E-state index in [0.717, 1.165) is 60.4 Å². The maximum absolute atomic E-state index is 13.1. The Morgan fingerprint density at radius 2 is 1.62 bits per heavy atom. The standard InChI is InChI=1S/C30H39N5O3S/c1-38-25-10-12-26(13-11-25)39(36,37)35-20-18-33(19-21-35)16-15-29-31-28-9-5-4-8-27(28)30(32-29)34-17-14-23-6-2-3-7-24(23)22-34/h4-5,8-13,23-24H,2-3,6-7,14-22H2,1H3. The van der Waals surface area contributed by atoms with Crippen molar-refractivity contribution in [3.8, 4) is 5.75 Å². The second kappa shape index (κ2) is 11.4. The number of ether oxygens (including phenoxy) is 1. The van der Waals surface area contributed by atoms with Gasteiger partial charge < -0.3 is 14.5 Å². The van der Waals surface area contributed by atoms with Gasteiger partial charge in [0.15, 0.2) is 0 Å². The normalized spacial score (nSPS) is 23.1. The first-order chi connectivity index (χ1) is 19.0. The molecule has 9 heteroatoms. The lowest BCUT2D eigenvalue weighted by Crippen LogP contribution is -2.49. The lowest BCUT2D eigenvalue weighted by Gasteiger charge is -2.42. The van der Waals surface area contributed by atoms with Gasteiger partial charge in [0.1, 0.15) is 17.4 Å². The number of benzene rings is 2. The Kier molecular flexibility index (Phi) is 7.73. The first kappa shape index (κ1) is 26.5. The smallest absolute Gasteiger partial charge is 0.243 e. The van der Waals surface area contributed by atoms with E-state index in [2.05, 4.69) is 34.1 Å². The zero-order valence-corrected chi connectivity index (χ0v) is 23.7. The Bertz CT molecular complexity index is 1390. The molecule has 3 aromatic rings. The van der Waals surface area contributed by atoms with Gasteiger partial charge in [-0.1, -0.05) is 31.4 Å². The number of piperidine rings is 1. The number of piperazine rings is 1. The van der Waals surface area contributed by atoms with Gasteiger partial charge in [-0.15, -0.1) is 0 Å². The van der Waals surface area contributed by atoms with E-state index in [1.807, 2.05) is 0 Å². The summed E-state index contributed by atoms with van der Waals surface area (Å²) in [5.41, 5.74) is 1.01. The van der Waals surface area contributed by atoms with Crippen LogP contribution >= 0.6 is 0 Å². The van der Waals surface area contributed by atoms with Gasteiger partial charge in [0.05, 0.1) is 17.5 Å². The van der Waals surface area contributed by atoms with Crippen LogP contribution in [0, 0.1) is 11.8 Å². The number of para-hydroxylation sites is 1. The Hall–Kier alpha value is -2.75. The number of rotatable bonds is 7. The van der Waals surface area contributed by atoms with Crippen molar-refractivity contribution in [2.45, 2.75) is 43.4 Å². The first-order valence-corrected chi connectivity index (χ1v) is 15.8. The predicted octanol–water partition coefficient (Wildman–Crippen LogP) is 4.20. The summed E-state index contributed by atoms with van der Waals surface area (Å²) in [5.74, 6) is 4.29. The molecule has 0 spiro atoms. The van der Waals surface area contributed by atoms with E-state index in [1.54, 1.807) is 35.7 Å². The highest BCUT2D eigenvalue weighted by atomic mass is 32.2. The largest absolute Gasteiger partial charge is 0.497 e. The Morgan fingerprint density at radius 3 is 2.38 bits per heavy atom. The summed E-state index contributed by atoms with van der Waals surface area (Å²) >= 11 is 0. The van der Waals surface area contributed by atoms with Crippen molar-refractivity contribution in [3.05, 3.63) is 54.4 Å². The fourth-order valence-electron chi connectivity index (χ4n) is 6.60. The lowest BCUT2D eigenvalue weighted by atomic mass is 9.75. The third-order valence-electron chi connectivity index (χ3n) is 8.90. The molecular formula is C30H39N5O3S. The molecule has 1 aliphatic carbocycles. The van der Waals surface area contributed by atoms with Crippen molar-refractivity contribution in [1.29, 1.82) is 0 Å². The molecule has 2 saturated heterocycles. The van der Waals surface area contributed by atoms with Gasteiger partial charge in [-0.25, -0.2) is 18.4 Å². The van der Waals surface area contributed by atoms with E-state index in [4.69, 9.17) is 14.7 Å². The number of nitrogens with zero attached hydrogens (tertiary/aromatic N) is 5. The van der Waals surface area contributed by atoms with Gasteiger partial charge in [0, 0.05) is 57.6 Å². The Labute approximate surface area is 232 Å². The van der Waals surface area contributed by atoms with Crippen molar-refractivity contribution < 1.29 is 13.2 Å². The van der Waals surface area contributed by atoms with Crippen molar-refractivity contribution in [2.75, 3.05) is 57.8 Å². The summed E-state index contributed by atoms with van der Waals surface area (Å²) in [5, 5.41) is 1.15. The first-order valence-electron chi connectivity index (χ1n) is 14.4. The molecule has 0 bridgehead atoms. The summed E-state index contributed by atoms with van der Waals surface area (Å²) in [6.45, 7) is 5.36. The van der Waals surface area contributed by atoms with Crippen molar-refractivity contribution >= 4 is 26.7 Å². The van der Waals surface area contributed by atoms with Crippen LogP contribution in [0.5, 0.6) is 5.75 Å².